The van der Waals surface area contributed by atoms with Crippen LogP contribution < -0.4 is 5.73 Å². The molecule has 0 aromatic heterocycles. The molecule has 1 saturated heterocycles. The predicted octanol–water partition coefficient (Wildman–Crippen LogP) is 3.96. The molecule has 1 aliphatic rings. The Labute approximate surface area is 129 Å². The van der Waals surface area contributed by atoms with Gasteiger partial charge in [0.1, 0.15) is 5.82 Å². The Hall–Kier alpha value is -0.450. The second-order valence-corrected chi connectivity index (χ2v) is 6.95. The largest absolute Gasteiger partial charge is 0.329 e. The summed E-state index contributed by atoms with van der Waals surface area (Å²) < 4.78 is 14.9. The summed E-state index contributed by atoms with van der Waals surface area (Å²) in [4.78, 5) is 2.34. The van der Waals surface area contributed by atoms with Crippen molar-refractivity contribution in [3.63, 3.8) is 0 Å². The molecule has 20 heavy (non-hydrogen) atoms. The molecule has 1 unspecified atom stereocenters. The van der Waals surface area contributed by atoms with Crippen molar-refractivity contribution in [1.82, 2.24) is 4.90 Å². The lowest BCUT2D eigenvalue weighted by Crippen LogP contribution is -2.41. The molecule has 1 aromatic rings. The van der Waals surface area contributed by atoms with Gasteiger partial charge in [0.05, 0.1) is 0 Å². The number of nitrogens with zero attached hydrogens (tertiary/aromatic N) is 1. The SMILES string of the molecule is CC(C)C1CCN(C(CN)c2ccc(Br)cc2F)CC1. The highest BCUT2D eigenvalue weighted by atomic mass is 79.9. The Morgan fingerprint density at radius 3 is 2.50 bits per heavy atom. The molecule has 0 amide bonds. The van der Waals surface area contributed by atoms with E-state index in [1.54, 1.807) is 0 Å². The Balaban J connectivity index is 2.09. The highest BCUT2D eigenvalue weighted by molar-refractivity contribution is 9.10. The summed E-state index contributed by atoms with van der Waals surface area (Å²) in [5.41, 5.74) is 6.64. The number of nitrogens with two attached hydrogens (primary N) is 1. The summed E-state index contributed by atoms with van der Waals surface area (Å²) in [5, 5.41) is 0. The number of rotatable bonds is 4. The standard InChI is InChI=1S/C16H24BrFN2/c1-11(2)12-5-7-20(8-6-12)16(10-19)14-4-3-13(17)9-15(14)18/h3-4,9,11-12,16H,5-8,10,19H2,1-2H3. The summed E-state index contributed by atoms with van der Waals surface area (Å²) in [6.45, 7) is 7.07. The van der Waals surface area contributed by atoms with Crippen molar-refractivity contribution in [2.45, 2.75) is 32.7 Å². The number of likely N-dealkylation sites (tertiary alicyclic amines) is 1. The van der Waals surface area contributed by atoms with Crippen LogP contribution in [0.25, 0.3) is 0 Å². The van der Waals surface area contributed by atoms with E-state index >= 15 is 0 Å². The minimum Gasteiger partial charge on any atom is -0.329 e. The molecule has 2 N–H and O–H groups in total. The summed E-state index contributed by atoms with van der Waals surface area (Å²) in [6, 6.07) is 5.27. The fourth-order valence-electron chi connectivity index (χ4n) is 3.14. The number of hydrogen-bond acceptors (Lipinski definition) is 2. The van der Waals surface area contributed by atoms with Crippen LogP contribution in [0.1, 0.15) is 38.3 Å². The quantitative estimate of drug-likeness (QED) is 0.897. The van der Waals surface area contributed by atoms with Crippen LogP contribution in [0.4, 0.5) is 4.39 Å². The van der Waals surface area contributed by atoms with Gasteiger partial charge in [-0.05, 0) is 49.9 Å². The van der Waals surface area contributed by atoms with Crippen molar-refractivity contribution in [2.24, 2.45) is 17.6 Å². The summed E-state index contributed by atoms with van der Waals surface area (Å²) in [7, 11) is 0. The van der Waals surface area contributed by atoms with E-state index in [-0.39, 0.29) is 11.9 Å². The van der Waals surface area contributed by atoms with Gasteiger partial charge in [-0.3, -0.25) is 4.90 Å². The van der Waals surface area contributed by atoms with Crippen LogP contribution in [0.2, 0.25) is 0 Å². The topological polar surface area (TPSA) is 29.3 Å². The average Bonchev–Trinajstić information content (AvgIpc) is 2.42. The fourth-order valence-corrected chi connectivity index (χ4v) is 3.48. The second-order valence-electron chi connectivity index (χ2n) is 6.03. The van der Waals surface area contributed by atoms with E-state index in [9.17, 15) is 4.39 Å². The first-order chi connectivity index (χ1) is 9.52. The van der Waals surface area contributed by atoms with Gasteiger partial charge in [-0.25, -0.2) is 4.39 Å². The lowest BCUT2D eigenvalue weighted by atomic mass is 9.86. The van der Waals surface area contributed by atoms with Crippen LogP contribution in [0, 0.1) is 17.7 Å². The molecular formula is C16H24BrFN2. The molecule has 4 heteroatoms. The molecule has 0 bridgehead atoms. The number of benzene rings is 1. The third-order valence-corrected chi connectivity index (χ3v) is 5.00. The van der Waals surface area contributed by atoms with E-state index in [4.69, 9.17) is 5.73 Å². The smallest absolute Gasteiger partial charge is 0.129 e. The molecule has 1 aliphatic heterocycles. The fraction of sp³-hybridized carbons (Fsp3) is 0.625. The van der Waals surface area contributed by atoms with Gasteiger partial charge in [-0.2, -0.15) is 0 Å². The van der Waals surface area contributed by atoms with Gasteiger partial charge in [-0.1, -0.05) is 35.8 Å². The third-order valence-electron chi connectivity index (χ3n) is 4.50. The molecule has 1 atom stereocenters. The van der Waals surface area contributed by atoms with Gasteiger partial charge in [0.2, 0.25) is 0 Å². The van der Waals surface area contributed by atoms with Crippen molar-refractivity contribution in [2.75, 3.05) is 19.6 Å². The van der Waals surface area contributed by atoms with E-state index in [1.165, 1.54) is 18.9 Å². The van der Waals surface area contributed by atoms with Crippen LogP contribution in [0.15, 0.2) is 22.7 Å². The van der Waals surface area contributed by atoms with E-state index in [0.717, 1.165) is 35.0 Å². The van der Waals surface area contributed by atoms with Crippen LogP contribution in [0.5, 0.6) is 0 Å². The molecule has 1 heterocycles. The van der Waals surface area contributed by atoms with Crippen LogP contribution in [-0.2, 0) is 0 Å². The van der Waals surface area contributed by atoms with Crippen LogP contribution in [0.3, 0.4) is 0 Å². The third kappa shape index (κ3) is 3.60. The molecule has 1 fully saturated rings. The lowest BCUT2D eigenvalue weighted by molar-refractivity contribution is 0.115. The molecule has 0 saturated carbocycles. The van der Waals surface area contributed by atoms with Crippen molar-refractivity contribution >= 4 is 15.9 Å². The molecule has 0 aliphatic carbocycles. The average molecular weight is 343 g/mol. The molecule has 2 rings (SSSR count). The van der Waals surface area contributed by atoms with Gasteiger partial charge < -0.3 is 5.73 Å². The highest BCUT2D eigenvalue weighted by Gasteiger charge is 2.28. The van der Waals surface area contributed by atoms with Gasteiger partial charge in [0, 0.05) is 22.6 Å². The highest BCUT2D eigenvalue weighted by Crippen LogP contribution is 2.31. The first kappa shape index (κ1) is 15.9. The van der Waals surface area contributed by atoms with Crippen LogP contribution >= 0.6 is 15.9 Å². The number of piperidine rings is 1. The maximum absolute atomic E-state index is 14.1. The predicted molar refractivity (Wildman–Crippen MR) is 85.0 cm³/mol. The van der Waals surface area contributed by atoms with Gasteiger partial charge in [0.25, 0.3) is 0 Å². The van der Waals surface area contributed by atoms with Gasteiger partial charge in [-0.15, -0.1) is 0 Å². The van der Waals surface area contributed by atoms with E-state index in [0.29, 0.717) is 6.54 Å². The maximum Gasteiger partial charge on any atom is 0.129 e. The molecular weight excluding hydrogens is 319 g/mol. The second kappa shape index (κ2) is 7.01. The van der Waals surface area contributed by atoms with Crippen molar-refractivity contribution in [1.29, 1.82) is 0 Å². The van der Waals surface area contributed by atoms with Crippen LogP contribution in [-0.4, -0.2) is 24.5 Å². The van der Waals surface area contributed by atoms with E-state index in [2.05, 4.69) is 34.7 Å². The molecule has 0 spiro atoms. The number of halogens is 2. The Kier molecular flexibility index (Phi) is 5.58. The maximum atomic E-state index is 14.1. The lowest BCUT2D eigenvalue weighted by Gasteiger charge is -2.38. The van der Waals surface area contributed by atoms with Crippen molar-refractivity contribution in [3.05, 3.63) is 34.1 Å². The Bertz CT molecular complexity index is 442. The molecule has 112 valence electrons. The summed E-state index contributed by atoms with van der Waals surface area (Å²) in [6.07, 6.45) is 2.37. The van der Waals surface area contributed by atoms with Crippen molar-refractivity contribution in [3.8, 4) is 0 Å². The zero-order valence-corrected chi connectivity index (χ0v) is 13.9. The molecule has 1 aromatic carbocycles. The first-order valence-electron chi connectivity index (χ1n) is 7.42. The first-order valence-corrected chi connectivity index (χ1v) is 8.21. The van der Waals surface area contributed by atoms with E-state index in [1.807, 2.05) is 12.1 Å². The molecule has 2 nitrogen and oxygen atoms in total. The van der Waals surface area contributed by atoms with Crippen molar-refractivity contribution < 1.29 is 4.39 Å². The van der Waals surface area contributed by atoms with E-state index < -0.39 is 0 Å². The van der Waals surface area contributed by atoms with Gasteiger partial charge >= 0.3 is 0 Å². The Morgan fingerprint density at radius 1 is 1.35 bits per heavy atom. The minimum absolute atomic E-state index is 0.00351. The zero-order valence-electron chi connectivity index (χ0n) is 12.3. The Morgan fingerprint density at radius 2 is 2.00 bits per heavy atom. The zero-order chi connectivity index (χ0) is 14.7. The monoisotopic (exact) mass is 342 g/mol. The van der Waals surface area contributed by atoms with Gasteiger partial charge in [0.15, 0.2) is 0 Å². The summed E-state index contributed by atoms with van der Waals surface area (Å²) >= 11 is 3.30. The normalized spacial score (nSPS) is 19.5. The minimum atomic E-state index is -0.166. The number of hydrogen-bond donors (Lipinski definition) is 1. The summed E-state index contributed by atoms with van der Waals surface area (Å²) in [5.74, 6) is 1.36. The molecule has 0 radical (unpaired) electrons.